The van der Waals surface area contributed by atoms with Crippen LogP contribution < -0.4 is 0 Å². The molecule has 0 amide bonds. The maximum Gasteiger partial charge on any atom is 0.157 e. The molecule has 11 heavy (non-hydrogen) atoms. The van der Waals surface area contributed by atoms with Crippen molar-refractivity contribution in [2.45, 2.75) is 52.4 Å². The maximum atomic E-state index is 5.41. The van der Waals surface area contributed by atoms with Crippen LogP contribution in [-0.2, 0) is 9.47 Å². The van der Waals surface area contributed by atoms with E-state index in [1.165, 1.54) is 12.8 Å². The molecule has 0 aromatic carbocycles. The number of ether oxygens (including phenoxy) is 2. The quantitative estimate of drug-likeness (QED) is 0.590. The largest absolute Gasteiger partial charge is 0.356 e. The molecule has 1 fully saturated rings. The molecule has 2 atom stereocenters. The van der Waals surface area contributed by atoms with Crippen LogP contribution in [-0.4, -0.2) is 19.5 Å². The average Bonchev–Trinajstić information content (AvgIpc) is 2.08. The van der Waals surface area contributed by atoms with Gasteiger partial charge in [0.2, 0.25) is 0 Å². The maximum absolute atomic E-state index is 5.41. The lowest BCUT2D eigenvalue weighted by molar-refractivity contribution is -0.174. The van der Waals surface area contributed by atoms with Crippen LogP contribution in [0.25, 0.3) is 0 Å². The Morgan fingerprint density at radius 3 is 2.36 bits per heavy atom. The summed E-state index contributed by atoms with van der Waals surface area (Å²) in [4.78, 5) is 0. The predicted molar refractivity (Wildman–Crippen MR) is 48.7 cm³/mol. The standard InChI is InChI=1S/C7H14O2.C2H6.H2/c1-6-4-3-5-7(8-2)9-6;1-2;/h6-7H,3-5H2,1-2H3;1-2H3;1H/t6-,7+;;/m0../s1. The fraction of sp³-hybridized carbons (Fsp3) is 1.00. The van der Waals surface area contributed by atoms with Crippen LogP contribution in [0.15, 0.2) is 0 Å². The lowest BCUT2D eigenvalue weighted by Gasteiger charge is -2.26. The molecule has 1 heterocycles. The molecule has 1 aliphatic heterocycles. The van der Waals surface area contributed by atoms with E-state index < -0.39 is 0 Å². The van der Waals surface area contributed by atoms with Gasteiger partial charge in [-0.3, -0.25) is 0 Å². The third-order valence-electron chi connectivity index (χ3n) is 1.70. The van der Waals surface area contributed by atoms with E-state index in [0.717, 1.165) is 6.42 Å². The van der Waals surface area contributed by atoms with Gasteiger partial charge in [-0.1, -0.05) is 13.8 Å². The highest BCUT2D eigenvalue weighted by Gasteiger charge is 2.17. The second-order valence-corrected chi connectivity index (χ2v) is 2.54. The molecule has 0 bridgehead atoms. The Hall–Kier alpha value is -0.0800. The minimum atomic E-state index is 0. The summed E-state index contributed by atoms with van der Waals surface area (Å²) in [7, 11) is 1.70. The molecule has 1 rings (SSSR count). The molecule has 0 N–H and O–H groups in total. The SMILES string of the molecule is CC.CO[C@H]1CCC[C@H](C)O1.[HH]. The molecule has 0 aliphatic carbocycles. The Kier molecular flexibility index (Phi) is 6.57. The van der Waals surface area contributed by atoms with Crippen LogP contribution in [0.2, 0.25) is 0 Å². The van der Waals surface area contributed by atoms with Crippen molar-refractivity contribution in [3.05, 3.63) is 0 Å². The van der Waals surface area contributed by atoms with Crippen molar-refractivity contribution in [2.75, 3.05) is 7.11 Å². The lowest BCUT2D eigenvalue weighted by Crippen LogP contribution is -2.26. The third kappa shape index (κ3) is 4.38. The van der Waals surface area contributed by atoms with Gasteiger partial charge in [0.25, 0.3) is 0 Å². The highest BCUT2D eigenvalue weighted by Crippen LogP contribution is 2.18. The van der Waals surface area contributed by atoms with Gasteiger partial charge in [-0.15, -0.1) is 0 Å². The van der Waals surface area contributed by atoms with Crippen molar-refractivity contribution >= 4 is 0 Å². The zero-order valence-electron chi connectivity index (χ0n) is 8.09. The van der Waals surface area contributed by atoms with Crippen molar-refractivity contribution in [1.29, 1.82) is 0 Å². The first-order chi connectivity index (χ1) is 5.33. The van der Waals surface area contributed by atoms with Crippen LogP contribution in [0.3, 0.4) is 0 Å². The van der Waals surface area contributed by atoms with Crippen LogP contribution >= 0.6 is 0 Å². The van der Waals surface area contributed by atoms with Crippen molar-refractivity contribution in [3.63, 3.8) is 0 Å². The second kappa shape index (κ2) is 6.62. The summed E-state index contributed by atoms with van der Waals surface area (Å²) in [6.45, 7) is 6.09. The molecule has 0 unspecified atom stereocenters. The van der Waals surface area contributed by atoms with Gasteiger partial charge >= 0.3 is 0 Å². The predicted octanol–water partition coefficient (Wildman–Crippen LogP) is 2.82. The Morgan fingerprint density at radius 1 is 1.36 bits per heavy atom. The van der Waals surface area contributed by atoms with E-state index in [4.69, 9.17) is 9.47 Å². The molecule has 0 aromatic rings. The lowest BCUT2D eigenvalue weighted by atomic mass is 10.1. The van der Waals surface area contributed by atoms with E-state index in [-0.39, 0.29) is 7.72 Å². The Morgan fingerprint density at radius 2 is 2.00 bits per heavy atom. The van der Waals surface area contributed by atoms with Gasteiger partial charge in [0.15, 0.2) is 6.29 Å². The van der Waals surface area contributed by atoms with Crippen LogP contribution in [0.4, 0.5) is 0 Å². The first kappa shape index (κ1) is 10.9. The first-order valence-electron chi connectivity index (χ1n) is 4.51. The molecule has 0 aromatic heterocycles. The van der Waals surface area contributed by atoms with E-state index in [0.29, 0.717) is 6.10 Å². The fourth-order valence-corrected chi connectivity index (χ4v) is 1.14. The highest BCUT2D eigenvalue weighted by atomic mass is 16.7. The van der Waals surface area contributed by atoms with Gasteiger partial charge in [-0.25, -0.2) is 0 Å². The van der Waals surface area contributed by atoms with Gasteiger partial charge in [0, 0.05) is 8.54 Å². The summed E-state index contributed by atoms with van der Waals surface area (Å²) in [5, 5.41) is 0. The van der Waals surface area contributed by atoms with E-state index in [9.17, 15) is 0 Å². The smallest absolute Gasteiger partial charge is 0.157 e. The molecule has 0 spiro atoms. The van der Waals surface area contributed by atoms with Gasteiger partial charge in [-0.2, -0.15) is 0 Å². The molecule has 0 radical (unpaired) electrons. The molecule has 1 aliphatic rings. The average molecular weight is 162 g/mol. The molecule has 2 nitrogen and oxygen atoms in total. The molecule has 2 heteroatoms. The number of hydrogen-bond acceptors (Lipinski definition) is 2. The minimum absolute atomic E-state index is 0. The molecular weight excluding hydrogens is 140 g/mol. The zero-order valence-corrected chi connectivity index (χ0v) is 8.09. The zero-order chi connectivity index (χ0) is 8.69. The van der Waals surface area contributed by atoms with E-state index >= 15 is 0 Å². The van der Waals surface area contributed by atoms with Crippen molar-refractivity contribution in [3.8, 4) is 0 Å². The summed E-state index contributed by atoms with van der Waals surface area (Å²) >= 11 is 0. The van der Waals surface area contributed by atoms with E-state index in [2.05, 4.69) is 6.92 Å². The Labute approximate surface area is 71.4 Å². The van der Waals surface area contributed by atoms with Crippen molar-refractivity contribution < 1.29 is 10.9 Å². The Balaban J connectivity index is 0. The molecule has 70 valence electrons. The van der Waals surface area contributed by atoms with Crippen LogP contribution in [0.1, 0.15) is 41.5 Å². The van der Waals surface area contributed by atoms with Crippen molar-refractivity contribution in [1.82, 2.24) is 0 Å². The monoisotopic (exact) mass is 162 g/mol. The van der Waals surface area contributed by atoms with Gasteiger partial charge in [0.1, 0.15) is 0 Å². The fourth-order valence-electron chi connectivity index (χ4n) is 1.14. The summed E-state index contributed by atoms with van der Waals surface area (Å²) in [5.41, 5.74) is 0. The summed E-state index contributed by atoms with van der Waals surface area (Å²) in [6, 6.07) is 0. The van der Waals surface area contributed by atoms with Gasteiger partial charge < -0.3 is 9.47 Å². The summed E-state index contributed by atoms with van der Waals surface area (Å²) < 4.78 is 10.5. The highest BCUT2D eigenvalue weighted by molar-refractivity contribution is 4.60. The minimum Gasteiger partial charge on any atom is -0.356 e. The number of methoxy groups -OCH3 is 1. The molecule has 0 saturated carbocycles. The number of rotatable bonds is 1. The Bertz CT molecular complexity index is 88.6. The van der Waals surface area contributed by atoms with Crippen LogP contribution in [0, 0.1) is 0 Å². The van der Waals surface area contributed by atoms with Gasteiger partial charge in [0.05, 0.1) is 6.10 Å². The third-order valence-corrected chi connectivity index (χ3v) is 1.70. The summed E-state index contributed by atoms with van der Waals surface area (Å²) in [5.74, 6) is 0. The molecular formula is C9H22O2. The second-order valence-electron chi connectivity index (χ2n) is 2.54. The topological polar surface area (TPSA) is 18.5 Å². The van der Waals surface area contributed by atoms with Gasteiger partial charge in [-0.05, 0) is 26.2 Å². The number of hydrogen-bond donors (Lipinski definition) is 0. The summed E-state index contributed by atoms with van der Waals surface area (Å²) in [6.07, 6.45) is 3.93. The first-order valence-corrected chi connectivity index (χ1v) is 4.51. The molecule has 1 saturated heterocycles. The normalized spacial score (nSPS) is 30.5. The van der Waals surface area contributed by atoms with Crippen LogP contribution in [0.5, 0.6) is 0 Å². The van der Waals surface area contributed by atoms with E-state index in [1.807, 2.05) is 13.8 Å². The van der Waals surface area contributed by atoms with E-state index in [1.54, 1.807) is 7.11 Å². The van der Waals surface area contributed by atoms with Crippen molar-refractivity contribution in [2.24, 2.45) is 0 Å².